The Morgan fingerprint density at radius 1 is 1.32 bits per heavy atom. The van der Waals surface area contributed by atoms with Gasteiger partial charge < -0.3 is 20.7 Å². The van der Waals surface area contributed by atoms with Crippen LogP contribution in [0, 0.1) is 5.92 Å². The fourth-order valence-electron chi connectivity index (χ4n) is 2.90. The Kier molecular flexibility index (Phi) is 6.92. The van der Waals surface area contributed by atoms with Crippen molar-refractivity contribution in [2.75, 3.05) is 31.5 Å². The van der Waals surface area contributed by atoms with Crippen molar-refractivity contribution < 1.29 is 17.9 Å². The third kappa shape index (κ3) is 6.81. The lowest BCUT2D eigenvalue weighted by molar-refractivity contribution is -0.274. The number of hydrogen-bond acceptors (Lipinski definition) is 3. The van der Waals surface area contributed by atoms with E-state index in [1.807, 2.05) is 0 Å². The van der Waals surface area contributed by atoms with E-state index < -0.39 is 6.36 Å². The Morgan fingerprint density at radius 3 is 2.64 bits per heavy atom. The van der Waals surface area contributed by atoms with Crippen LogP contribution in [0.2, 0.25) is 0 Å². The molecule has 0 aromatic heterocycles. The molecule has 1 saturated heterocycles. The van der Waals surface area contributed by atoms with E-state index in [2.05, 4.69) is 26.9 Å². The van der Waals surface area contributed by atoms with Gasteiger partial charge in [-0.2, -0.15) is 0 Å². The number of halogens is 3. The van der Waals surface area contributed by atoms with Gasteiger partial charge in [-0.1, -0.05) is 19.1 Å². The van der Waals surface area contributed by atoms with Gasteiger partial charge in [-0.25, -0.2) is 0 Å². The quantitative estimate of drug-likeness (QED) is 0.604. The van der Waals surface area contributed by atoms with E-state index in [0.717, 1.165) is 38.9 Å². The molecule has 2 rings (SSSR count). The van der Waals surface area contributed by atoms with Gasteiger partial charge in [0.25, 0.3) is 0 Å². The Labute approximate surface area is 146 Å². The number of aliphatic imine (C=N–C) groups is 1. The van der Waals surface area contributed by atoms with E-state index in [-0.39, 0.29) is 17.4 Å². The van der Waals surface area contributed by atoms with Crippen molar-refractivity contribution in [2.24, 2.45) is 16.6 Å². The summed E-state index contributed by atoms with van der Waals surface area (Å²) in [6, 6.07) is 5.76. The summed E-state index contributed by atoms with van der Waals surface area (Å²) < 4.78 is 41.2. The minimum Gasteiger partial charge on any atom is -0.404 e. The van der Waals surface area contributed by atoms with Crippen molar-refractivity contribution in [3.63, 3.8) is 0 Å². The van der Waals surface area contributed by atoms with Crippen LogP contribution in [-0.4, -0.2) is 43.4 Å². The number of ether oxygens (including phenoxy) is 1. The Balaban J connectivity index is 1.88. The highest BCUT2D eigenvalue weighted by atomic mass is 19.4. The largest absolute Gasteiger partial charge is 0.573 e. The van der Waals surface area contributed by atoms with E-state index in [9.17, 15) is 13.2 Å². The second-order valence-corrected chi connectivity index (χ2v) is 6.18. The van der Waals surface area contributed by atoms with Crippen molar-refractivity contribution in [2.45, 2.75) is 32.5 Å². The first-order valence-electron chi connectivity index (χ1n) is 8.51. The predicted molar refractivity (Wildman–Crippen MR) is 92.7 cm³/mol. The number of nitrogens with one attached hydrogen (secondary N) is 1. The first-order chi connectivity index (χ1) is 11.9. The molecule has 0 amide bonds. The van der Waals surface area contributed by atoms with Crippen molar-refractivity contribution in [1.82, 2.24) is 4.90 Å². The zero-order valence-corrected chi connectivity index (χ0v) is 14.4. The summed E-state index contributed by atoms with van der Waals surface area (Å²) in [4.78, 5) is 6.72. The molecule has 3 N–H and O–H groups in total. The lowest BCUT2D eigenvalue weighted by Gasteiger charge is -2.30. The molecule has 1 aromatic rings. The highest BCUT2D eigenvalue weighted by Crippen LogP contribution is 2.29. The minimum atomic E-state index is -4.75. The van der Waals surface area contributed by atoms with Gasteiger partial charge >= 0.3 is 6.36 Å². The first-order valence-corrected chi connectivity index (χ1v) is 8.51. The second-order valence-electron chi connectivity index (χ2n) is 6.18. The molecule has 0 bridgehead atoms. The maximum absolute atomic E-state index is 12.4. The normalized spacial score (nSPS) is 17.5. The average Bonchev–Trinajstić information content (AvgIpc) is 2.55. The Hall–Kier alpha value is -1.96. The van der Waals surface area contributed by atoms with Crippen LogP contribution < -0.4 is 15.8 Å². The molecule has 1 aliphatic heterocycles. The Bertz CT molecular complexity index is 569. The number of piperidine rings is 1. The number of guanidine groups is 1. The smallest absolute Gasteiger partial charge is 0.404 e. The highest BCUT2D eigenvalue weighted by molar-refractivity contribution is 5.93. The molecule has 1 heterocycles. The van der Waals surface area contributed by atoms with Gasteiger partial charge in [0.05, 0.1) is 5.69 Å². The number of hydrogen-bond donors (Lipinski definition) is 2. The summed E-state index contributed by atoms with van der Waals surface area (Å²) in [6.45, 7) is 5.98. The van der Waals surface area contributed by atoms with Crippen molar-refractivity contribution >= 4 is 11.6 Å². The number of benzene rings is 1. The molecule has 0 saturated carbocycles. The standard InChI is InChI=1S/C17H25F3N4O/c1-2-9-24-10-7-13(8-11-24)12-22-16(21)23-14-5-3-4-6-15(14)25-17(18,19)20/h3-6,13H,2,7-12H2,1H3,(H3,21,22,23). The van der Waals surface area contributed by atoms with E-state index in [4.69, 9.17) is 5.73 Å². The van der Waals surface area contributed by atoms with Crippen molar-refractivity contribution in [3.8, 4) is 5.75 Å². The average molecular weight is 358 g/mol. The van der Waals surface area contributed by atoms with Gasteiger partial charge in [0.1, 0.15) is 0 Å². The molecule has 0 aliphatic carbocycles. The number of alkyl halides is 3. The molecule has 1 aliphatic rings. The summed E-state index contributed by atoms with van der Waals surface area (Å²) in [5.74, 6) is 0.213. The summed E-state index contributed by atoms with van der Waals surface area (Å²) in [5, 5.41) is 2.69. The van der Waals surface area contributed by atoms with Crippen LogP contribution in [0.3, 0.4) is 0 Å². The summed E-state index contributed by atoms with van der Waals surface area (Å²) in [5.41, 5.74) is 5.96. The third-order valence-corrected chi connectivity index (χ3v) is 4.14. The molecule has 1 fully saturated rings. The SMILES string of the molecule is CCCN1CCC(CN=C(N)Nc2ccccc2OC(F)(F)F)CC1. The zero-order chi connectivity index (χ0) is 18.3. The van der Waals surface area contributed by atoms with Crippen LogP contribution in [-0.2, 0) is 0 Å². The van der Waals surface area contributed by atoms with Gasteiger partial charge in [0, 0.05) is 6.54 Å². The lowest BCUT2D eigenvalue weighted by atomic mass is 9.97. The predicted octanol–water partition coefficient (Wildman–Crippen LogP) is 3.43. The van der Waals surface area contributed by atoms with Gasteiger partial charge in [-0.05, 0) is 56.9 Å². The number of para-hydroxylation sites is 2. The number of anilines is 1. The molecule has 5 nitrogen and oxygen atoms in total. The Morgan fingerprint density at radius 2 is 2.00 bits per heavy atom. The molecule has 0 radical (unpaired) electrons. The van der Waals surface area contributed by atoms with Gasteiger partial charge in [0.2, 0.25) is 0 Å². The van der Waals surface area contributed by atoms with Crippen LogP contribution in [0.5, 0.6) is 5.75 Å². The van der Waals surface area contributed by atoms with Crippen molar-refractivity contribution in [3.05, 3.63) is 24.3 Å². The van der Waals surface area contributed by atoms with Crippen LogP contribution in [0.15, 0.2) is 29.3 Å². The lowest BCUT2D eigenvalue weighted by Crippen LogP contribution is -2.35. The maximum atomic E-state index is 12.4. The van der Waals surface area contributed by atoms with Crippen LogP contribution >= 0.6 is 0 Å². The van der Waals surface area contributed by atoms with E-state index in [1.165, 1.54) is 18.2 Å². The topological polar surface area (TPSA) is 62.9 Å². The fraction of sp³-hybridized carbons (Fsp3) is 0.588. The van der Waals surface area contributed by atoms with Gasteiger partial charge in [-0.3, -0.25) is 4.99 Å². The summed E-state index contributed by atoms with van der Waals surface area (Å²) in [7, 11) is 0. The fourth-order valence-corrected chi connectivity index (χ4v) is 2.90. The molecule has 0 atom stereocenters. The van der Waals surface area contributed by atoms with Gasteiger partial charge in [0.15, 0.2) is 11.7 Å². The van der Waals surface area contributed by atoms with Crippen LogP contribution in [0.25, 0.3) is 0 Å². The highest BCUT2D eigenvalue weighted by Gasteiger charge is 2.32. The molecular weight excluding hydrogens is 333 g/mol. The third-order valence-electron chi connectivity index (χ3n) is 4.14. The number of rotatable bonds is 6. The van der Waals surface area contributed by atoms with Crippen LogP contribution in [0.1, 0.15) is 26.2 Å². The maximum Gasteiger partial charge on any atom is 0.573 e. The van der Waals surface area contributed by atoms with Crippen LogP contribution in [0.4, 0.5) is 18.9 Å². The van der Waals surface area contributed by atoms with E-state index in [1.54, 1.807) is 6.07 Å². The van der Waals surface area contributed by atoms with E-state index >= 15 is 0 Å². The molecule has 8 heteroatoms. The monoisotopic (exact) mass is 358 g/mol. The van der Waals surface area contributed by atoms with Gasteiger partial charge in [-0.15, -0.1) is 13.2 Å². The minimum absolute atomic E-state index is 0.0919. The molecule has 140 valence electrons. The summed E-state index contributed by atoms with van der Waals surface area (Å²) >= 11 is 0. The first kappa shape index (κ1) is 19.4. The number of likely N-dealkylation sites (tertiary alicyclic amines) is 1. The van der Waals surface area contributed by atoms with Crippen molar-refractivity contribution in [1.29, 1.82) is 0 Å². The number of nitrogens with zero attached hydrogens (tertiary/aromatic N) is 2. The molecule has 0 spiro atoms. The second kappa shape index (κ2) is 8.94. The van der Waals surface area contributed by atoms with E-state index in [0.29, 0.717) is 12.5 Å². The molecule has 1 aromatic carbocycles. The zero-order valence-electron chi connectivity index (χ0n) is 14.4. The summed E-state index contributed by atoms with van der Waals surface area (Å²) in [6.07, 6.45) is -1.48. The number of nitrogens with two attached hydrogens (primary N) is 1. The molecular formula is C17H25F3N4O. The molecule has 0 unspecified atom stereocenters. The molecule has 25 heavy (non-hydrogen) atoms.